The largest absolute Gasteiger partial charge is 0.344 e. The molecule has 4 heteroatoms. The van der Waals surface area contributed by atoms with E-state index in [0.717, 1.165) is 24.4 Å². The molecule has 0 aliphatic carbocycles. The lowest BCUT2D eigenvalue weighted by molar-refractivity contribution is -0.129. The fourth-order valence-corrected chi connectivity index (χ4v) is 2.70. The standard InChI is InChI=1S/C14H22N2OS/c1-4-13(14(17)16(3)11-10-15-2)18-12-8-6-5-7-9-12/h5-9,13,15H,4,10-11H2,1-3H3. The minimum Gasteiger partial charge on any atom is -0.344 e. The highest BCUT2D eigenvalue weighted by Gasteiger charge is 2.20. The van der Waals surface area contributed by atoms with E-state index in [1.54, 1.807) is 16.7 Å². The summed E-state index contributed by atoms with van der Waals surface area (Å²) in [5.41, 5.74) is 0. The molecule has 0 radical (unpaired) electrons. The van der Waals surface area contributed by atoms with Crippen molar-refractivity contribution in [2.75, 3.05) is 27.2 Å². The number of rotatable bonds is 7. The molecular weight excluding hydrogens is 244 g/mol. The van der Waals surface area contributed by atoms with Crippen LogP contribution < -0.4 is 5.32 Å². The third-order valence-corrected chi connectivity index (χ3v) is 4.11. The zero-order chi connectivity index (χ0) is 13.4. The first kappa shape index (κ1) is 15.1. The average molecular weight is 266 g/mol. The van der Waals surface area contributed by atoms with E-state index in [1.165, 1.54) is 0 Å². The van der Waals surface area contributed by atoms with E-state index in [0.29, 0.717) is 0 Å². The van der Waals surface area contributed by atoms with Crippen LogP contribution in [-0.4, -0.2) is 43.2 Å². The minimum atomic E-state index is 0.00857. The molecule has 0 aromatic heterocycles. The first-order valence-corrected chi connectivity index (χ1v) is 7.18. The summed E-state index contributed by atoms with van der Waals surface area (Å²) in [6.45, 7) is 3.64. The van der Waals surface area contributed by atoms with Gasteiger partial charge in [-0.3, -0.25) is 4.79 Å². The summed E-state index contributed by atoms with van der Waals surface area (Å²) in [5, 5.41) is 3.07. The number of likely N-dealkylation sites (N-methyl/N-ethyl adjacent to an activating group) is 2. The Balaban J connectivity index is 2.57. The van der Waals surface area contributed by atoms with Crippen LogP contribution in [0.15, 0.2) is 35.2 Å². The number of benzene rings is 1. The van der Waals surface area contributed by atoms with Gasteiger partial charge in [0.15, 0.2) is 0 Å². The zero-order valence-electron chi connectivity index (χ0n) is 11.3. The van der Waals surface area contributed by atoms with Crippen molar-refractivity contribution in [3.8, 4) is 0 Å². The van der Waals surface area contributed by atoms with Gasteiger partial charge in [-0.1, -0.05) is 25.1 Å². The fourth-order valence-electron chi connectivity index (χ4n) is 1.61. The summed E-state index contributed by atoms with van der Waals surface area (Å²) in [6, 6.07) is 10.1. The minimum absolute atomic E-state index is 0.00857. The number of thioether (sulfide) groups is 1. The third-order valence-electron chi connectivity index (χ3n) is 2.74. The maximum Gasteiger partial charge on any atom is 0.235 e. The number of carbonyl (C=O) groups is 1. The van der Waals surface area contributed by atoms with Crippen LogP contribution in [0, 0.1) is 0 Å². The molecule has 1 aromatic carbocycles. The fraction of sp³-hybridized carbons (Fsp3) is 0.500. The summed E-state index contributed by atoms with van der Waals surface area (Å²) >= 11 is 1.65. The summed E-state index contributed by atoms with van der Waals surface area (Å²) in [5.74, 6) is 0.210. The maximum atomic E-state index is 12.3. The van der Waals surface area contributed by atoms with Crippen molar-refractivity contribution in [1.29, 1.82) is 0 Å². The topological polar surface area (TPSA) is 32.3 Å². The molecule has 1 rings (SSSR count). The number of hydrogen-bond donors (Lipinski definition) is 1. The van der Waals surface area contributed by atoms with Gasteiger partial charge in [0.1, 0.15) is 0 Å². The monoisotopic (exact) mass is 266 g/mol. The zero-order valence-corrected chi connectivity index (χ0v) is 12.2. The Morgan fingerprint density at radius 3 is 2.61 bits per heavy atom. The van der Waals surface area contributed by atoms with Gasteiger partial charge in [0.2, 0.25) is 5.91 Å². The van der Waals surface area contributed by atoms with Gasteiger partial charge in [-0.25, -0.2) is 0 Å². The Hall–Kier alpha value is -1.00. The Morgan fingerprint density at radius 1 is 1.39 bits per heavy atom. The summed E-state index contributed by atoms with van der Waals surface area (Å²) in [4.78, 5) is 15.2. The van der Waals surface area contributed by atoms with Gasteiger partial charge in [0.25, 0.3) is 0 Å². The van der Waals surface area contributed by atoms with E-state index in [4.69, 9.17) is 0 Å². The van der Waals surface area contributed by atoms with Crippen LogP contribution in [0.25, 0.3) is 0 Å². The molecule has 18 heavy (non-hydrogen) atoms. The summed E-state index contributed by atoms with van der Waals surface area (Å²) in [6.07, 6.45) is 0.849. The molecule has 1 atom stereocenters. The molecule has 0 saturated heterocycles. The number of carbonyl (C=O) groups excluding carboxylic acids is 1. The van der Waals surface area contributed by atoms with Crippen molar-refractivity contribution < 1.29 is 4.79 Å². The molecule has 1 amide bonds. The second-order valence-electron chi connectivity index (χ2n) is 4.19. The normalized spacial score (nSPS) is 12.2. The van der Waals surface area contributed by atoms with Gasteiger partial charge >= 0.3 is 0 Å². The first-order valence-electron chi connectivity index (χ1n) is 6.30. The van der Waals surface area contributed by atoms with Gasteiger partial charge in [-0.05, 0) is 25.6 Å². The summed E-state index contributed by atoms with van der Waals surface area (Å²) < 4.78 is 0. The van der Waals surface area contributed by atoms with Crippen molar-refractivity contribution >= 4 is 17.7 Å². The molecule has 0 bridgehead atoms. The first-order chi connectivity index (χ1) is 8.69. The smallest absolute Gasteiger partial charge is 0.235 e. The molecular formula is C14H22N2OS. The van der Waals surface area contributed by atoms with Gasteiger partial charge in [-0.15, -0.1) is 11.8 Å². The quantitative estimate of drug-likeness (QED) is 0.768. The van der Waals surface area contributed by atoms with Gasteiger partial charge < -0.3 is 10.2 Å². The van der Waals surface area contributed by atoms with Crippen LogP contribution >= 0.6 is 11.8 Å². The van der Waals surface area contributed by atoms with Crippen LogP contribution in [0.5, 0.6) is 0 Å². The Bertz CT molecular complexity index is 356. The molecule has 0 spiro atoms. The van der Waals surface area contributed by atoms with Crippen molar-refractivity contribution in [3.63, 3.8) is 0 Å². The van der Waals surface area contributed by atoms with Gasteiger partial charge in [0, 0.05) is 25.0 Å². The number of amides is 1. The van der Waals surface area contributed by atoms with Crippen LogP contribution in [0.4, 0.5) is 0 Å². The van der Waals surface area contributed by atoms with Crippen LogP contribution in [0.2, 0.25) is 0 Å². The molecule has 1 N–H and O–H groups in total. The highest BCUT2D eigenvalue weighted by molar-refractivity contribution is 8.00. The van der Waals surface area contributed by atoms with Gasteiger partial charge in [-0.2, -0.15) is 0 Å². The maximum absolute atomic E-state index is 12.3. The highest BCUT2D eigenvalue weighted by atomic mass is 32.2. The molecule has 0 aliphatic rings. The van der Waals surface area contributed by atoms with Crippen LogP contribution in [0.3, 0.4) is 0 Å². The average Bonchev–Trinajstić information content (AvgIpc) is 2.42. The predicted octanol–water partition coefficient (Wildman–Crippen LogP) is 2.24. The SMILES string of the molecule is CCC(Sc1ccccc1)C(=O)N(C)CCNC. The molecule has 1 aromatic rings. The van der Waals surface area contributed by atoms with E-state index >= 15 is 0 Å². The van der Waals surface area contributed by atoms with E-state index < -0.39 is 0 Å². The van der Waals surface area contributed by atoms with E-state index in [2.05, 4.69) is 12.2 Å². The van der Waals surface area contributed by atoms with E-state index in [1.807, 2.05) is 44.4 Å². The lowest BCUT2D eigenvalue weighted by Gasteiger charge is -2.22. The molecule has 1 unspecified atom stereocenters. The van der Waals surface area contributed by atoms with Crippen LogP contribution in [0.1, 0.15) is 13.3 Å². The van der Waals surface area contributed by atoms with Crippen molar-refractivity contribution in [2.24, 2.45) is 0 Å². The Kier molecular flexibility index (Phi) is 6.83. The molecule has 0 heterocycles. The van der Waals surface area contributed by atoms with E-state index in [-0.39, 0.29) is 11.2 Å². The van der Waals surface area contributed by atoms with E-state index in [9.17, 15) is 4.79 Å². The molecule has 0 saturated carbocycles. The number of nitrogens with one attached hydrogen (secondary N) is 1. The van der Waals surface area contributed by atoms with Crippen molar-refractivity contribution in [2.45, 2.75) is 23.5 Å². The lowest BCUT2D eigenvalue weighted by Crippen LogP contribution is -2.38. The molecule has 100 valence electrons. The number of nitrogens with zero attached hydrogens (tertiary/aromatic N) is 1. The van der Waals surface area contributed by atoms with Gasteiger partial charge in [0.05, 0.1) is 5.25 Å². The number of hydrogen-bond acceptors (Lipinski definition) is 3. The lowest BCUT2D eigenvalue weighted by atomic mass is 10.3. The molecule has 3 nitrogen and oxygen atoms in total. The van der Waals surface area contributed by atoms with Crippen LogP contribution in [-0.2, 0) is 4.79 Å². The Morgan fingerprint density at radius 2 is 2.06 bits per heavy atom. The summed E-state index contributed by atoms with van der Waals surface area (Å²) in [7, 11) is 3.77. The van der Waals surface area contributed by atoms with Crippen molar-refractivity contribution in [3.05, 3.63) is 30.3 Å². The second kappa shape index (κ2) is 8.16. The molecule has 0 fully saturated rings. The van der Waals surface area contributed by atoms with Crippen molar-refractivity contribution in [1.82, 2.24) is 10.2 Å². The molecule has 0 aliphatic heterocycles. The predicted molar refractivity (Wildman–Crippen MR) is 77.9 cm³/mol. The Labute approximate surface area is 114 Å². The third kappa shape index (κ3) is 4.70. The second-order valence-corrected chi connectivity index (χ2v) is 5.47. The highest BCUT2D eigenvalue weighted by Crippen LogP contribution is 2.26.